The average Bonchev–Trinajstić information content (AvgIpc) is 3.17. The summed E-state index contributed by atoms with van der Waals surface area (Å²) in [6.45, 7) is 10.9. The number of aromatic nitrogens is 1. The molecule has 53 heavy (non-hydrogen) atoms. The summed E-state index contributed by atoms with van der Waals surface area (Å²) < 4.78 is 24.3. The third-order valence-electron chi connectivity index (χ3n) is 9.93. The average molecular weight is 745 g/mol. The zero-order chi connectivity index (χ0) is 37.8. The van der Waals surface area contributed by atoms with E-state index < -0.39 is 18.1 Å². The molecule has 0 spiro atoms. The third-order valence-corrected chi connectivity index (χ3v) is 10.2. The number of ether oxygens (including phenoxy) is 4. The standard InChI is InChI=1S/C41H49ClN4O7/c1-28-32(7-4-8-34(28)35-9-5-10-37(29(35)2)51-15-6-12-46-13-17-50-18-14-46)26-53-39-21-38(52-16-11-30-19-31(22-43)24-44-23-30)33(20-36(39)42)25-45-41(3,27-47)40(48)49/h4-5,7-10,19-21,23-24,29,35,45,47H,6,11-18,25-27H2,1-3H3,(H,48,49)/t29?,35-,41+/m1/s1. The van der Waals surface area contributed by atoms with Gasteiger partial charge in [0.1, 0.15) is 29.7 Å². The molecule has 3 aromatic rings. The van der Waals surface area contributed by atoms with Gasteiger partial charge in [-0.25, -0.2) is 0 Å². The number of morpholine rings is 1. The Morgan fingerprint density at radius 2 is 1.94 bits per heavy atom. The molecule has 2 aliphatic rings. The first-order chi connectivity index (χ1) is 25.6. The van der Waals surface area contributed by atoms with Gasteiger partial charge in [-0.2, -0.15) is 5.26 Å². The summed E-state index contributed by atoms with van der Waals surface area (Å²) in [5.41, 5.74) is 3.66. The number of nitrogens with one attached hydrogen (secondary N) is 1. The van der Waals surface area contributed by atoms with Crippen molar-refractivity contribution in [3.05, 3.63) is 111 Å². The van der Waals surface area contributed by atoms with E-state index in [0.29, 0.717) is 40.7 Å². The molecule has 1 aromatic heterocycles. The molecule has 282 valence electrons. The number of hydrogen-bond donors (Lipinski definition) is 3. The van der Waals surface area contributed by atoms with Crippen LogP contribution >= 0.6 is 11.6 Å². The van der Waals surface area contributed by atoms with Crippen molar-refractivity contribution in [2.24, 2.45) is 5.92 Å². The van der Waals surface area contributed by atoms with Gasteiger partial charge in [0.2, 0.25) is 0 Å². The van der Waals surface area contributed by atoms with Crippen LogP contribution in [0.2, 0.25) is 5.02 Å². The van der Waals surface area contributed by atoms with E-state index in [4.69, 9.17) is 30.5 Å². The molecule has 12 heteroatoms. The smallest absolute Gasteiger partial charge is 0.326 e. The number of nitrogens with zero attached hydrogens (tertiary/aromatic N) is 3. The molecule has 3 N–H and O–H groups in total. The van der Waals surface area contributed by atoms with E-state index in [-0.39, 0.29) is 31.6 Å². The molecule has 2 heterocycles. The van der Waals surface area contributed by atoms with Gasteiger partial charge in [-0.15, -0.1) is 0 Å². The summed E-state index contributed by atoms with van der Waals surface area (Å²) in [6.07, 6.45) is 11.0. The minimum absolute atomic E-state index is 0.0619. The highest BCUT2D eigenvalue weighted by molar-refractivity contribution is 6.32. The molecule has 0 radical (unpaired) electrons. The van der Waals surface area contributed by atoms with Gasteiger partial charge in [0.05, 0.1) is 49.4 Å². The lowest BCUT2D eigenvalue weighted by Crippen LogP contribution is -2.52. The van der Waals surface area contributed by atoms with Gasteiger partial charge < -0.3 is 29.2 Å². The lowest BCUT2D eigenvalue weighted by Gasteiger charge is -2.29. The second-order valence-corrected chi connectivity index (χ2v) is 14.1. The number of hydrogen-bond acceptors (Lipinski definition) is 10. The SMILES string of the molecule is Cc1c(COc2cc(OCCc3cncc(C#N)c3)c(CN[C@@](C)(CO)C(=O)O)cc2Cl)cccc1[C@@H]1C=CC=C(OCCCN2CCOCC2)C1C. The molecule has 11 nitrogen and oxygen atoms in total. The maximum Gasteiger partial charge on any atom is 0.326 e. The third kappa shape index (κ3) is 10.6. The van der Waals surface area contributed by atoms with Crippen LogP contribution in [0.25, 0.3) is 0 Å². The van der Waals surface area contributed by atoms with Crippen LogP contribution in [-0.4, -0.2) is 84.3 Å². The summed E-state index contributed by atoms with van der Waals surface area (Å²) in [4.78, 5) is 18.4. The summed E-state index contributed by atoms with van der Waals surface area (Å²) in [5, 5.41) is 31.9. The largest absolute Gasteiger partial charge is 0.498 e. The lowest BCUT2D eigenvalue weighted by molar-refractivity contribution is -0.145. The quantitative estimate of drug-likeness (QED) is 0.133. The molecular weight excluding hydrogens is 696 g/mol. The fourth-order valence-corrected chi connectivity index (χ4v) is 6.65. The number of allylic oxidation sites excluding steroid dienone is 4. The molecule has 1 fully saturated rings. The first-order valence-electron chi connectivity index (χ1n) is 18.0. The van der Waals surface area contributed by atoms with Crippen LogP contribution in [0.4, 0.5) is 0 Å². The Morgan fingerprint density at radius 3 is 2.70 bits per heavy atom. The van der Waals surface area contributed by atoms with Crippen molar-refractivity contribution in [2.75, 3.05) is 52.7 Å². The minimum Gasteiger partial charge on any atom is -0.498 e. The number of nitriles is 1. The van der Waals surface area contributed by atoms with E-state index in [0.717, 1.165) is 61.7 Å². The van der Waals surface area contributed by atoms with Crippen molar-refractivity contribution in [1.29, 1.82) is 5.26 Å². The molecule has 5 rings (SSSR count). The molecule has 0 amide bonds. The molecular formula is C41H49ClN4O7. The van der Waals surface area contributed by atoms with Crippen molar-refractivity contribution in [1.82, 2.24) is 15.2 Å². The Labute approximate surface area is 316 Å². The van der Waals surface area contributed by atoms with Crippen LogP contribution in [0.1, 0.15) is 59.6 Å². The number of aliphatic carboxylic acids is 1. The van der Waals surface area contributed by atoms with Gasteiger partial charge in [-0.3, -0.25) is 20.0 Å². The highest BCUT2D eigenvalue weighted by atomic mass is 35.5. The summed E-state index contributed by atoms with van der Waals surface area (Å²) >= 11 is 6.75. The van der Waals surface area contributed by atoms with E-state index in [9.17, 15) is 20.3 Å². The molecule has 1 aliphatic heterocycles. The van der Waals surface area contributed by atoms with Crippen LogP contribution in [0.15, 0.2) is 72.8 Å². The maximum absolute atomic E-state index is 11.8. The van der Waals surface area contributed by atoms with Crippen LogP contribution < -0.4 is 14.8 Å². The van der Waals surface area contributed by atoms with E-state index in [1.807, 2.05) is 12.1 Å². The number of aliphatic hydroxyl groups is 1. The number of carboxylic acid groups (broad SMARTS) is 1. The van der Waals surface area contributed by atoms with Gasteiger partial charge in [0.15, 0.2) is 0 Å². The number of carboxylic acids is 1. The lowest BCUT2D eigenvalue weighted by atomic mass is 9.80. The van der Waals surface area contributed by atoms with Gasteiger partial charge >= 0.3 is 5.97 Å². The number of benzene rings is 2. The number of pyridine rings is 1. The molecule has 1 unspecified atom stereocenters. The molecule has 1 saturated heterocycles. The predicted octanol–water partition coefficient (Wildman–Crippen LogP) is 5.95. The normalized spacial score (nSPS) is 18.5. The highest BCUT2D eigenvalue weighted by Gasteiger charge is 2.32. The van der Waals surface area contributed by atoms with Crippen LogP contribution in [0, 0.1) is 24.2 Å². The van der Waals surface area contributed by atoms with Crippen molar-refractivity contribution in [2.45, 2.75) is 58.2 Å². The maximum atomic E-state index is 11.8. The van der Waals surface area contributed by atoms with Crippen LogP contribution in [0.5, 0.6) is 11.5 Å². The summed E-state index contributed by atoms with van der Waals surface area (Å²) in [6, 6.07) is 13.5. The molecule has 0 saturated carbocycles. The number of rotatable bonds is 18. The van der Waals surface area contributed by atoms with Gasteiger partial charge in [-0.05, 0) is 60.7 Å². The van der Waals surface area contributed by atoms with Crippen molar-refractivity contribution >= 4 is 17.6 Å². The van der Waals surface area contributed by atoms with Crippen LogP contribution in [-0.2, 0) is 33.8 Å². The van der Waals surface area contributed by atoms with E-state index in [1.165, 1.54) is 18.7 Å². The summed E-state index contributed by atoms with van der Waals surface area (Å²) in [5.74, 6) is 0.972. The number of halogens is 1. The highest BCUT2D eigenvalue weighted by Crippen LogP contribution is 2.38. The van der Waals surface area contributed by atoms with E-state index >= 15 is 0 Å². The predicted molar refractivity (Wildman–Crippen MR) is 202 cm³/mol. The molecule has 0 bridgehead atoms. The topological polar surface area (TPSA) is 146 Å². The second kappa shape index (κ2) is 19.1. The van der Waals surface area contributed by atoms with Crippen LogP contribution in [0.3, 0.4) is 0 Å². The second-order valence-electron chi connectivity index (χ2n) is 13.7. The summed E-state index contributed by atoms with van der Waals surface area (Å²) in [7, 11) is 0. The Balaban J connectivity index is 1.26. The van der Waals surface area contributed by atoms with Crippen molar-refractivity contribution < 1.29 is 34.0 Å². The van der Waals surface area contributed by atoms with Crippen molar-refractivity contribution in [3.8, 4) is 17.6 Å². The Morgan fingerprint density at radius 1 is 1.13 bits per heavy atom. The minimum atomic E-state index is -1.57. The number of carbonyl (C=O) groups is 1. The zero-order valence-corrected chi connectivity index (χ0v) is 31.4. The Hall–Kier alpha value is -4.44. The fourth-order valence-electron chi connectivity index (χ4n) is 6.41. The molecule has 3 atom stereocenters. The number of aliphatic hydroxyl groups excluding tert-OH is 1. The van der Waals surface area contributed by atoms with Gasteiger partial charge in [-0.1, -0.05) is 48.9 Å². The monoisotopic (exact) mass is 744 g/mol. The Bertz CT molecular complexity index is 1820. The Kier molecular flexibility index (Phi) is 14.3. The zero-order valence-electron chi connectivity index (χ0n) is 30.6. The first-order valence-corrected chi connectivity index (χ1v) is 18.4. The fraction of sp³-hybridized carbons (Fsp3) is 0.439. The molecule has 1 aliphatic carbocycles. The van der Waals surface area contributed by atoms with Crippen molar-refractivity contribution in [3.63, 3.8) is 0 Å². The van der Waals surface area contributed by atoms with E-state index in [1.54, 1.807) is 24.4 Å². The molecule has 2 aromatic carbocycles. The van der Waals surface area contributed by atoms with Gasteiger partial charge in [0, 0.05) is 68.5 Å². The van der Waals surface area contributed by atoms with E-state index in [2.05, 4.69) is 59.4 Å². The first kappa shape index (κ1) is 39.8. The van der Waals surface area contributed by atoms with Gasteiger partial charge in [0.25, 0.3) is 0 Å².